The first-order valence-corrected chi connectivity index (χ1v) is 12.8. The van der Waals surface area contributed by atoms with Crippen LogP contribution in [0.2, 0.25) is 0 Å². The van der Waals surface area contributed by atoms with E-state index in [-0.39, 0.29) is 26.8 Å². The molecule has 2 N–H and O–H groups in total. The zero-order valence-electron chi connectivity index (χ0n) is 19.7. The third-order valence-corrected chi connectivity index (χ3v) is 7.74. The van der Waals surface area contributed by atoms with E-state index in [4.69, 9.17) is 5.73 Å². The first-order chi connectivity index (χ1) is 16.8. The molecular formula is C27H25N5O2S. The Bertz CT molecular complexity index is 1700. The van der Waals surface area contributed by atoms with Crippen molar-refractivity contribution in [3.8, 4) is 0 Å². The van der Waals surface area contributed by atoms with Gasteiger partial charge in [-0.3, -0.25) is 0 Å². The molecule has 35 heavy (non-hydrogen) atoms. The van der Waals surface area contributed by atoms with Gasteiger partial charge in [0.25, 0.3) is 0 Å². The van der Waals surface area contributed by atoms with Crippen LogP contribution in [0.1, 0.15) is 36.5 Å². The summed E-state index contributed by atoms with van der Waals surface area (Å²) in [5.41, 5.74) is 11.0. The average Bonchev–Trinajstić information content (AvgIpc) is 3.12. The molecule has 0 saturated carbocycles. The summed E-state index contributed by atoms with van der Waals surface area (Å²) in [4.78, 5) is 9.37. The van der Waals surface area contributed by atoms with Crippen molar-refractivity contribution in [2.24, 2.45) is 5.10 Å². The second-order valence-electron chi connectivity index (χ2n) is 8.80. The van der Waals surface area contributed by atoms with Gasteiger partial charge in [-0.15, -0.1) is 0 Å². The van der Waals surface area contributed by atoms with Gasteiger partial charge in [0, 0.05) is 0 Å². The number of aromatic nitrogens is 3. The van der Waals surface area contributed by atoms with Gasteiger partial charge in [-0.1, -0.05) is 62.4 Å². The summed E-state index contributed by atoms with van der Waals surface area (Å²) in [6.07, 6.45) is 1.64. The fraction of sp³-hybridized carbons (Fsp3) is 0.148. The number of benzene rings is 3. The Kier molecular flexibility index (Phi) is 5.61. The molecule has 5 rings (SSSR count). The van der Waals surface area contributed by atoms with Gasteiger partial charge < -0.3 is 5.73 Å². The smallest absolute Gasteiger partial charge is 0.212 e. The number of nitrogens with zero attached hydrogens (tertiary/aromatic N) is 4. The van der Waals surface area contributed by atoms with E-state index < -0.39 is 9.84 Å². The molecule has 0 aliphatic rings. The molecule has 0 amide bonds. The normalized spacial score (nSPS) is 12.3. The van der Waals surface area contributed by atoms with Crippen LogP contribution in [0.25, 0.3) is 22.2 Å². The lowest BCUT2D eigenvalue weighted by atomic mass is 10.0. The standard InChI is InChI=1S/C27H25N5O2S/c1-17(2)20-13-11-19(12-14-20)16-29-32-26(28)25(35(33,34)21-8-6-7-18(3)15-21)24-27(32)31-23-10-5-4-9-22(23)30-24/h4-17H,28H2,1-3H3/b29-16+. The lowest BCUT2D eigenvalue weighted by Crippen LogP contribution is -2.07. The fourth-order valence-corrected chi connectivity index (χ4v) is 5.58. The van der Waals surface area contributed by atoms with Crippen LogP contribution in [0, 0.1) is 6.92 Å². The van der Waals surface area contributed by atoms with Crippen LogP contribution in [-0.4, -0.2) is 29.3 Å². The number of rotatable bonds is 5. The van der Waals surface area contributed by atoms with Gasteiger partial charge in [0.15, 0.2) is 5.65 Å². The Labute approximate surface area is 203 Å². The van der Waals surface area contributed by atoms with Crippen LogP contribution in [0.3, 0.4) is 0 Å². The van der Waals surface area contributed by atoms with Crippen molar-refractivity contribution in [2.45, 2.75) is 36.5 Å². The average molecular weight is 484 g/mol. The molecule has 0 aliphatic carbocycles. The van der Waals surface area contributed by atoms with Gasteiger partial charge in [-0.05, 0) is 53.8 Å². The molecule has 0 unspecified atom stereocenters. The SMILES string of the molecule is Cc1cccc(S(=O)(=O)c2c(N)n(/N=C/c3ccc(C(C)C)cc3)c3nc4ccccc4nc23)c1. The molecular weight excluding hydrogens is 458 g/mol. The largest absolute Gasteiger partial charge is 0.382 e. The lowest BCUT2D eigenvalue weighted by molar-refractivity contribution is 0.597. The van der Waals surface area contributed by atoms with Gasteiger partial charge >= 0.3 is 0 Å². The van der Waals surface area contributed by atoms with Crippen molar-refractivity contribution in [2.75, 3.05) is 5.73 Å². The summed E-state index contributed by atoms with van der Waals surface area (Å²) in [5, 5.41) is 4.53. The van der Waals surface area contributed by atoms with Gasteiger partial charge in [-0.2, -0.15) is 9.78 Å². The lowest BCUT2D eigenvalue weighted by Gasteiger charge is -2.06. The van der Waals surface area contributed by atoms with Crippen LogP contribution >= 0.6 is 0 Å². The van der Waals surface area contributed by atoms with E-state index in [9.17, 15) is 8.42 Å². The maximum Gasteiger partial charge on any atom is 0.212 e. The highest BCUT2D eigenvalue weighted by molar-refractivity contribution is 7.92. The summed E-state index contributed by atoms with van der Waals surface area (Å²) in [6.45, 7) is 6.11. The van der Waals surface area contributed by atoms with E-state index in [1.807, 2.05) is 55.5 Å². The van der Waals surface area contributed by atoms with Crippen LogP contribution in [0.5, 0.6) is 0 Å². The molecule has 2 aromatic heterocycles. The highest BCUT2D eigenvalue weighted by atomic mass is 32.2. The van der Waals surface area contributed by atoms with Crippen LogP contribution in [-0.2, 0) is 9.84 Å². The van der Waals surface area contributed by atoms with Crippen molar-refractivity contribution in [3.63, 3.8) is 0 Å². The summed E-state index contributed by atoms with van der Waals surface area (Å²) < 4.78 is 28.8. The molecule has 2 heterocycles. The molecule has 0 spiro atoms. The monoisotopic (exact) mass is 483 g/mol. The molecule has 176 valence electrons. The van der Waals surface area contributed by atoms with Crippen molar-refractivity contribution in [3.05, 3.63) is 89.5 Å². The van der Waals surface area contributed by atoms with Crippen LogP contribution < -0.4 is 5.73 Å². The van der Waals surface area contributed by atoms with E-state index >= 15 is 0 Å². The van der Waals surface area contributed by atoms with E-state index in [0.717, 1.165) is 11.1 Å². The fourth-order valence-electron chi connectivity index (χ4n) is 4.00. The number of fused-ring (bicyclic) bond motifs is 2. The van der Waals surface area contributed by atoms with Crippen LogP contribution in [0.4, 0.5) is 5.82 Å². The summed E-state index contributed by atoms with van der Waals surface area (Å²) in [7, 11) is -3.99. The minimum absolute atomic E-state index is 0.0353. The number of para-hydroxylation sites is 2. The van der Waals surface area contributed by atoms with Crippen molar-refractivity contribution < 1.29 is 8.42 Å². The zero-order chi connectivity index (χ0) is 24.7. The van der Waals surface area contributed by atoms with Gasteiger partial charge in [-0.25, -0.2) is 18.4 Å². The molecule has 0 saturated heterocycles. The predicted octanol–water partition coefficient (Wildman–Crippen LogP) is 5.31. The Hall–Kier alpha value is -4.04. The molecule has 0 fully saturated rings. The number of hydrogen-bond donors (Lipinski definition) is 1. The van der Waals surface area contributed by atoms with Gasteiger partial charge in [0.1, 0.15) is 16.2 Å². The molecule has 0 aliphatic heterocycles. The summed E-state index contributed by atoms with van der Waals surface area (Å²) >= 11 is 0. The molecule has 0 radical (unpaired) electrons. The molecule has 3 aromatic carbocycles. The number of nitrogen functional groups attached to an aromatic ring is 1. The Morgan fingerprint density at radius 1 is 0.943 bits per heavy atom. The minimum Gasteiger partial charge on any atom is -0.382 e. The third kappa shape index (κ3) is 4.06. The third-order valence-electron chi connectivity index (χ3n) is 5.92. The Balaban J connectivity index is 1.74. The van der Waals surface area contributed by atoms with Crippen molar-refractivity contribution >= 4 is 44.1 Å². The van der Waals surface area contributed by atoms with E-state index in [2.05, 4.69) is 28.9 Å². The van der Waals surface area contributed by atoms with Crippen molar-refractivity contribution in [1.29, 1.82) is 0 Å². The summed E-state index contributed by atoms with van der Waals surface area (Å²) in [6, 6.07) is 22.0. The molecule has 7 nitrogen and oxygen atoms in total. The number of anilines is 1. The second-order valence-corrected chi connectivity index (χ2v) is 10.7. The summed E-state index contributed by atoms with van der Waals surface area (Å²) in [5.74, 6) is 0.384. The van der Waals surface area contributed by atoms with Gasteiger partial charge in [0.2, 0.25) is 9.84 Å². The molecule has 0 atom stereocenters. The highest BCUT2D eigenvalue weighted by Gasteiger charge is 2.30. The van der Waals surface area contributed by atoms with Gasteiger partial charge in [0.05, 0.1) is 22.1 Å². The van der Waals surface area contributed by atoms with Crippen LogP contribution in [0.15, 0.2) is 87.7 Å². The highest BCUT2D eigenvalue weighted by Crippen LogP contribution is 2.35. The minimum atomic E-state index is -3.99. The molecule has 5 aromatic rings. The Morgan fingerprint density at radius 3 is 2.29 bits per heavy atom. The molecule has 0 bridgehead atoms. The van der Waals surface area contributed by atoms with E-state index in [1.54, 1.807) is 30.5 Å². The zero-order valence-corrected chi connectivity index (χ0v) is 20.5. The maximum atomic E-state index is 13.7. The quantitative estimate of drug-likeness (QED) is 0.341. The van der Waals surface area contributed by atoms with E-state index in [0.29, 0.717) is 17.0 Å². The number of aryl methyl sites for hydroxylation is 1. The first kappa shape index (κ1) is 22.7. The maximum absolute atomic E-state index is 13.7. The van der Waals surface area contributed by atoms with Crippen molar-refractivity contribution in [1.82, 2.24) is 14.6 Å². The molecule has 8 heteroatoms. The Morgan fingerprint density at radius 2 is 1.63 bits per heavy atom. The number of nitrogens with two attached hydrogens (primary N) is 1. The first-order valence-electron chi connectivity index (χ1n) is 11.3. The number of sulfone groups is 1. The predicted molar refractivity (Wildman–Crippen MR) is 140 cm³/mol. The number of hydrogen-bond acceptors (Lipinski definition) is 6. The van der Waals surface area contributed by atoms with E-state index in [1.165, 1.54) is 10.2 Å². The topological polar surface area (TPSA) is 103 Å². The second kappa shape index (κ2) is 8.63.